The molecule has 0 aliphatic carbocycles. The molecule has 23 heavy (non-hydrogen) atoms. The summed E-state index contributed by atoms with van der Waals surface area (Å²) in [4.78, 5) is 25.4. The normalized spacial score (nSPS) is 10.2. The first-order valence-electron chi connectivity index (χ1n) is 7.11. The van der Waals surface area contributed by atoms with E-state index in [4.69, 9.17) is 0 Å². The van der Waals surface area contributed by atoms with E-state index in [0.717, 1.165) is 16.3 Å². The lowest BCUT2D eigenvalue weighted by Gasteiger charge is -2.12. The van der Waals surface area contributed by atoms with Crippen LogP contribution in [0.5, 0.6) is 0 Å². The molecular formula is C15H19N5O2S. The average molecular weight is 333 g/mol. The van der Waals surface area contributed by atoms with Crippen LogP contribution in [0.2, 0.25) is 0 Å². The predicted octanol–water partition coefficient (Wildman–Crippen LogP) is 1.21. The third-order valence-electron chi connectivity index (χ3n) is 3.10. The summed E-state index contributed by atoms with van der Waals surface area (Å²) in [6.07, 6.45) is 0.657. The van der Waals surface area contributed by atoms with Crippen molar-refractivity contribution < 1.29 is 9.59 Å². The van der Waals surface area contributed by atoms with Gasteiger partial charge in [-0.2, -0.15) is 0 Å². The van der Waals surface area contributed by atoms with Crippen molar-refractivity contribution in [1.82, 2.24) is 15.5 Å². The van der Waals surface area contributed by atoms with Crippen molar-refractivity contribution in [3.63, 3.8) is 0 Å². The molecule has 0 unspecified atom stereocenters. The molecule has 2 aromatic rings. The number of aromatic nitrogens is 2. The maximum absolute atomic E-state index is 11.7. The summed E-state index contributed by atoms with van der Waals surface area (Å²) in [5.41, 5.74) is 2.21. The molecule has 0 fully saturated rings. The van der Waals surface area contributed by atoms with E-state index in [0.29, 0.717) is 18.1 Å². The largest absolute Gasteiger partial charge is 0.378 e. The van der Waals surface area contributed by atoms with E-state index in [1.54, 1.807) is 6.92 Å². The zero-order chi connectivity index (χ0) is 16.8. The summed E-state index contributed by atoms with van der Waals surface area (Å²) < 4.78 is 0. The van der Waals surface area contributed by atoms with E-state index >= 15 is 0 Å². The van der Waals surface area contributed by atoms with Crippen LogP contribution < -0.4 is 15.5 Å². The number of nitrogens with zero attached hydrogens (tertiary/aromatic N) is 3. The molecule has 0 atom stereocenters. The lowest BCUT2D eigenvalue weighted by Crippen LogP contribution is -2.36. The molecule has 0 aliphatic rings. The minimum atomic E-state index is -0.732. The lowest BCUT2D eigenvalue weighted by atomic mass is 10.1. The van der Waals surface area contributed by atoms with Gasteiger partial charge < -0.3 is 10.2 Å². The first-order chi connectivity index (χ1) is 11.0. The average Bonchev–Trinajstić information content (AvgIpc) is 2.92. The summed E-state index contributed by atoms with van der Waals surface area (Å²) in [7, 11) is 3.96. The maximum Gasteiger partial charge on any atom is 0.315 e. The third-order valence-corrected chi connectivity index (χ3v) is 3.86. The molecule has 0 aliphatic heterocycles. The number of amides is 2. The third kappa shape index (κ3) is 5.03. The van der Waals surface area contributed by atoms with Crippen molar-refractivity contribution in [3.05, 3.63) is 34.8 Å². The number of aryl methyl sites for hydroxylation is 1. The molecule has 1 heterocycles. The second-order valence-electron chi connectivity index (χ2n) is 5.15. The van der Waals surface area contributed by atoms with Crippen LogP contribution in [0, 0.1) is 6.92 Å². The van der Waals surface area contributed by atoms with Crippen LogP contribution in [-0.2, 0) is 16.0 Å². The number of nitrogens with one attached hydrogen (secondary N) is 2. The highest BCUT2D eigenvalue weighted by molar-refractivity contribution is 7.15. The highest BCUT2D eigenvalue weighted by atomic mass is 32.1. The van der Waals surface area contributed by atoms with Gasteiger partial charge in [0, 0.05) is 26.3 Å². The predicted molar refractivity (Wildman–Crippen MR) is 90.8 cm³/mol. The number of carbonyl (C=O) groups excluding carboxylic acids is 2. The van der Waals surface area contributed by atoms with Gasteiger partial charge in [-0.1, -0.05) is 23.5 Å². The van der Waals surface area contributed by atoms with Crippen molar-refractivity contribution in [2.75, 3.05) is 30.9 Å². The molecule has 0 radical (unpaired) electrons. The number of benzene rings is 1. The van der Waals surface area contributed by atoms with Crippen molar-refractivity contribution >= 4 is 34.0 Å². The molecule has 7 nitrogen and oxygen atoms in total. The Labute approximate surface area is 138 Å². The Balaban J connectivity index is 1.76. The highest BCUT2D eigenvalue weighted by Crippen LogP contribution is 2.13. The Hall–Kier alpha value is -2.48. The van der Waals surface area contributed by atoms with E-state index in [1.807, 2.05) is 43.3 Å². The Morgan fingerprint density at radius 2 is 1.83 bits per heavy atom. The van der Waals surface area contributed by atoms with E-state index in [2.05, 4.69) is 20.8 Å². The molecule has 0 spiro atoms. The molecule has 1 aromatic heterocycles. The van der Waals surface area contributed by atoms with Crippen LogP contribution in [0.4, 0.5) is 10.8 Å². The van der Waals surface area contributed by atoms with Crippen LogP contribution >= 0.6 is 11.3 Å². The fourth-order valence-corrected chi connectivity index (χ4v) is 2.45. The van der Waals surface area contributed by atoms with E-state index in [9.17, 15) is 9.59 Å². The smallest absolute Gasteiger partial charge is 0.315 e. The molecule has 0 saturated carbocycles. The minimum absolute atomic E-state index is 0.321. The van der Waals surface area contributed by atoms with Crippen molar-refractivity contribution in [2.45, 2.75) is 13.3 Å². The number of anilines is 2. The zero-order valence-corrected chi connectivity index (χ0v) is 14.1. The van der Waals surface area contributed by atoms with Crippen molar-refractivity contribution in [3.8, 4) is 0 Å². The maximum atomic E-state index is 11.7. The van der Waals surface area contributed by atoms with Crippen LogP contribution in [0.25, 0.3) is 0 Å². The van der Waals surface area contributed by atoms with Gasteiger partial charge in [-0.15, -0.1) is 10.2 Å². The Kier molecular flexibility index (Phi) is 5.64. The second-order valence-corrected chi connectivity index (χ2v) is 6.33. The number of hydrogen-bond acceptors (Lipinski definition) is 6. The second kappa shape index (κ2) is 7.68. The van der Waals surface area contributed by atoms with E-state index in [1.165, 1.54) is 11.3 Å². The van der Waals surface area contributed by atoms with Crippen LogP contribution in [0.3, 0.4) is 0 Å². The molecule has 2 N–H and O–H groups in total. The van der Waals surface area contributed by atoms with Crippen LogP contribution in [0.1, 0.15) is 10.6 Å². The fraction of sp³-hybridized carbons (Fsp3) is 0.333. The lowest BCUT2D eigenvalue weighted by molar-refractivity contribution is -0.136. The summed E-state index contributed by atoms with van der Waals surface area (Å²) in [6.45, 7) is 2.16. The SMILES string of the molecule is Cc1nnc(NC(=O)C(=O)NCCc2ccc(N(C)C)cc2)s1. The topological polar surface area (TPSA) is 87.2 Å². The van der Waals surface area contributed by atoms with Crippen LogP contribution in [0.15, 0.2) is 24.3 Å². The van der Waals surface area contributed by atoms with E-state index < -0.39 is 11.8 Å². The molecule has 122 valence electrons. The molecular weight excluding hydrogens is 314 g/mol. The highest BCUT2D eigenvalue weighted by Gasteiger charge is 2.15. The summed E-state index contributed by atoms with van der Waals surface area (Å²) in [5, 5.41) is 13.6. The van der Waals surface area contributed by atoms with Gasteiger partial charge in [-0.05, 0) is 31.0 Å². The first-order valence-corrected chi connectivity index (χ1v) is 7.93. The molecule has 2 rings (SSSR count). The summed E-state index contributed by atoms with van der Waals surface area (Å²) in [6, 6.07) is 8.04. The Morgan fingerprint density at radius 3 is 2.39 bits per heavy atom. The van der Waals surface area contributed by atoms with Crippen LogP contribution in [-0.4, -0.2) is 42.7 Å². The van der Waals surface area contributed by atoms with Gasteiger partial charge in [-0.25, -0.2) is 0 Å². The fourth-order valence-electron chi connectivity index (χ4n) is 1.86. The summed E-state index contributed by atoms with van der Waals surface area (Å²) >= 11 is 1.22. The van der Waals surface area contributed by atoms with Gasteiger partial charge in [0.05, 0.1) is 0 Å². The Bertz CT molecular complexity index is 681. The number of carbonyl (C=O) groups is 2. The Morgan fingerprint density at radius 1 is 1.13 bits per heavy atom. The first kappa shape index (κ1) is 16.9. The number of rotatable bonds is 5. The van der Waals surface area contributed by atoms with Gasteiger partial charge in [0.25, 0.3) is 0 Å². The van der Waals surface area contributed by atoms with Crippen molar-refractivity contribution in [2.24, 2.45) is 0 Å². The summed E-state index contributed by atoms with van der Waals surface area (Å²) in [5.74, 6) is -1.41. The van der Waals surface area contributed by atoms with Gasteiger partial charge in [-0.3, -0.25) is 14.9 Å². The standard InChI is InChI=1S/C15H19N5O2S/c1-10-18-19-15(23-10)17-14(22)13(21)16-9-8-11-4-6-12(7-5-11)20(2)3/h4-7H,8-9H2,1-3H3,(H,16,21)(H,17,19,22). The van der Waals surface area contributed by atoms with Gasteiger partial charge in [0.15, 0.2) is 0 Å². The van der Waals surface area contributed by atoms with Gasteiger partial charge in [0.2, 0.25) is 5.13 Å². The van der Waals surface area contributed by atoms with Crippen molar-refractivity contribution in [1.29, 1.82) is 0 Å². The van der Waals surface area contributed by atoms with Gasteiger partial charge in [0.1, 0.15) is 5.01 Å². The molecule has 0 bridgehead atoms. The number of hydrogen-bond donors (Lipinski definition) is 2. The molecule has 2 amide bonds. The van der Waals surface area contributed by atoms with Gasteiger partial charge >= 0.3 is 11.8 Å². The minimum Gasteiger partial charge on any atom is -0.378 e. The quantitative estimate of drug-likeness (QED) is 0.803. The molecule has 0 saturated heterocycles. The molecule has 1 aromatic carbocycles. The zero-order valence-electron chi connectivity index (χ0n) is 13.3. The monoisotopic (exact) mass is 333 g/mol. The molecule has 8 heteroatoms. The van der Waals surface area contributed by atoms with E-state index in [-0.39, 0.29) is 0 Å².